The number of aromatic amines is 1. The highest BCUT2D eigenvalue weighted by atomic mass is 16.7. The first-order chi connectivity index (χ1) is 25.5. The Morgan fingerprint density at radius 1 is 1.13 bits per heavy atom. The van der Waals surface area contributed by atoms with Crippen molar-refractivity contribution in [1.29, 1.82) is 0 Å². The van der Waals surface area contributed by atoms with Crippen LogP contribution in [0.25, 0.3) is 22.1 Å². The molecule has 8 rings (SSSR count). The topological polar surface area (TPSA) is 238 Å². The molecule has 280 valence electrons. The summed E-state index contributed by atoms with van der Waals surface area (Å²) in [6, 6.07) is 1.61. The number of anilines is 1. The molecule has 7 unspecified atom stereocenters. The zero-order valence-electron chi connectivity index (χ0n) is 29.1. The van der Waals surface area contributed by atoms with Crippen LogP contribution in [0.1, 0.15) is 92.2 Å². The van der Waals surface area contributed by atoms with Gasteiger partial charge in [-0.25, -0.2) is 13.9 Å². The van der Waals surface area contributed by atoms with Crippen LogP contribution < -0.4 is 31.0 Å². The minimum Gasteiger partial charge on any atom is -0.496 e. The average Bonchev–Trinajstić information content (AvgIpc) is 3.92. The summed E-state index contributed by atoms with van der Waals surface area (Å²) in [6.45, 7) is 3.52. The van der Waals surface area contributed by atoms with Gasteiger partial charge in [0.2, 0.25) is 18.0 Å². The predicted molar refractivity (Wildman–Crippen MR) is 179 cm³/mol. The summed E-state index contributed by atoms with van der Waals surface area (Å²) in [5.74, 6) is -1.67. The first kappa shape index (κ1) is 34.7. The van der Waals surface area contributed by atoms with Gasteiger partial charge in [-0.15, -0.1) is 0 Å². The number of nitrogens with one attached hydrogen (secondary N) is 1. The highest BCUT2D eigenvalue weighted by Crippen LogP contribution is 2.54. The van der Waals surface area contributed by atoms with Gasteiger partial charge in [0.05, 0.1) is 24.0 Å². The second kappa shape index (κ2) is 13.3. The number of ketones is 1. The van der Waals surface area contributed by atoms with Crippen LogP contribution in [-0.4, -0.2) is 75.7 Å². The number of aryl methyl sites for hydroxylation is 1. The lowest BCUT2D eigenvalue weighted by molar-refractivity contribution is -0.739. The number of esters is 2. The Bertz CT molecular complexity index is 2300. The third kappa shape index (κ3) is 5.62. The number of ether oxygens (including phenoxy) is 6. The smallest absolute Gasteiger partial charge is 0.347 e. The van der Waals surface area contributed by atoms with Crippen molar-refractivity contribution in [2.75, 3.05) is 19.5 Å². The molecule has 6 heterocycles. The van der Waals surface area contributed by atoms with Gasteiger partial charge in [0.1, 0.15) is 47.6 Å². The molecule has 0 spiro atoms. The molecule has 2 fully saturated rings. The van der Waals surface area contributed by atoms with Crippen molar-refractivity contribution >= 4 is 45.8 Å². The molecule has 4 aliphatic rings. The molecule has 0 radical (unpaired) electrons. The number of Topliss-reactive ketones (excluding diaryl/α,β-unsaturated/α-hetero) is 1. The second-order valence-electron chi connectivity index (χ2n) is 13.5. The Morgan fingerprint density at radius 2 is 1.91 bits per heavy atom. The Labute approximate surface area is 299 Å². The summed E-state index contributed by atoms with van der Waals surface area (Å²) in [7, 11) is 1.45. The maximum Gasteiger partial charge on any atom is 0.347 e. The maximum atomic E-state index is 13.5. The van der Waals surface area contributed by atoms with E-state index in [0.717, 1.165) is 0 Å². The predicted octanol–water partition coefficient (Wildman–Crippen LogP) is 1.57. The lowest BCUT2D eigenvalue weighted by atomic mass is 9.91. The molecule has 0 bridgehead atoms. The fourth-order valence-electron chi connectivity index (χ4n) is 7.85. The number of aliphatic hydroxyl groups is 1. The summed E-state index contributed by atoms with van der Waals surface area (Å²) in [5, 5.41) is 12.4. The summed E-state index contributed by atoms with van der Waals surface area (Å²) in [4.78, 5) is 70.8. The van der Waals surface area contributed by atoms with Gasteiger partial charge in [-0.3, -0.25) is 24.2 Å². The van der Waals surface area contributed by atoms with Crippen molar-refractivity contribution in [3.05, 3.63) is 49.9 Å². The van der Waals surface area contributed by atoms with E-state index in [1.54, 1.807) is 6.07 Å². The molecular formula is C35H38N5O13+. The zero-order valence-corrected chi connectivity index (χ0v) is 29.1. The van der Waals surface area contributed by atoms with E-state index in [1.807, 2.05) is 13.8 Å². The van der Waals surface area contributed by atoms with E-state index >= 15 is 0 Å². The highest BCUT2D eigenvalue weighted by molar-refractivity contribution is 6.06. The Morgan fingerprint density at radius 3 is 2.66 bits per heavy atom. The molecule has 3 aromatic heterocycles. The summed E-state index contributed by atoms with van der Waals surface area (Å²) < 4.78 is 44.2. The first-order valence-electron chi connectivity index (χ1n) is 17.6. The number of rotatable bonds is 10. The third-order valence-corrected chi connectivity index (χ3v) is 10.2. The molecule has 7 atom stereocenters. The van der Waals surface area contributed by atoms with Crippen LogP contribution in [-0.2, 0) is 35.0 Å². The standard InChI is InChI=1S/C35H37N5O13/c1-4-6-21(42)48-12-19-16(50-22(43)7-5-2)11-20(49-19)39-13-40(27-30(39)37-35(36)38-31(27)45)32-28(44)26-25-18(51-34(26)53-32)10-17(47-3)24-14-8-9-15(41)23(14)33(46)52-29(24)25/h10,13,16,19-20,26,28,32,34,44H,4-9,11-12H2,1-3H3,(H2-,36,37,38,45)/p+1. The number of carbonyl (C=O) groups is 3. The van der Waals surface area contributed by atoms with Crippen LogP contribution in [0.3, 0.4) is 0 Å². The number of fused-ring (bicyclic) bond motifs is 8. The number of carbonyl (C=O) groups excluding carboxylic acids is 3. The molecule has 0 saturated carbocycles. The number of aliphatic hydroxyl groups excluding tert-OH is 1. The number of aromatic nitrogens is 4. The number of nitrogens with two attached hydrogens (primary N) is 1. The van der Waals surface area contributed by atoms with Crippen molar-refractivity contribution in [2.24, 2.45) is 0 Å². The maximum absolute atomic E-state index is 13.5. The highest BCUT2D eigenvalue weighted by Gasteiger charge is 2.56. The van der Waals surface area contributed by atoms with Gasteiger partial charge in [0, 0.05) is 31.7 Å². The monoisotopic (exact) mass is 736 g/mol. The number of H-pyrrole nitrogens is 1. The van der Waals surface area contributed by atoms with Crippen molar-refractivity contribution in [3.63, 3.8) is 0 Å². The van der Waals surface area contributed by atoms with E-state index in [9.17, 15) is 29.1 Å². The SMILES string of the molecule is CCCC(=O)OCC1OC([n+]2cn(C3OC4Oc5cc(OC)c6c7c(c(=O)oc6c5C4C3O)C(=O)CC7)c3c(=O)[nH]c(N)nc32)CC1OC(=O)CCC. The molecule has 4 N–H and O–H groups in total. The normalized spacial score (nSPS) is 25.7. The fourth-order valence-corrected chi connectivity index (χ4v) is 7.85. The molecule has 3 aliphatic heterocycles. The minimum absolute atomic E-state index is 0.0143. The van der Waals surface area contributed by atoms with Crippen molar-refractivity contribution in [3.8, 4) is 11.5 Å². The number of hydrogen-bond acceptors (Lipinski definition) is 15. The number of benzene rings is 1. The van der Waals surface area contributed by atoms with Gasteiger partial charge in [0.15, 0.2) is 18.3 Å². The molecule has 53 heavy (non-hydrogen) atoms. The van der Waals surface area contributed by atoms with Crippen molar-refractivity contribution < 1.29 is 56.9 Å². The molecule has 1 aliphatic carbocycles. The third-order valence-electron chi connectivity index (χ3n) is 10.2. The van der Waals surface area contributed by atoms with E-state index in [1.165, 1.54) is 22.6 Å². The average molecular weight is 737 g/mol. The fraction of sp³-hybridized carbons (Fsp3) is 0.514. The minimum atomic E-state index is -1.38. The van der Waals surface area contributed by atoms with Crippen LogP contribution >= 0.6 is 0 Å². The molecular weight excluding hydrogens is 698 g/mol. The number of hydrogen-bond donors (Lipinski definition) is 3. The second-order valence-corrected chi connectivity index (χ2v) is 13.5. The number of methoxy groups -OCH3 is 1. The van der Waals surface area contributed by atoms with Crippen LogP contribution in [0.4, 0.5) is 5.95 Å². The Hall–Kier alpha value is -5.33. The Balaban J connectivity index is 1.17. The van der Waals surface area contributed by atoms with E-state index < -0.39 is 66.1 Å². The lowest BCUT2D eigenvalue weighted by Crippen LogP contribution is -2.40. The van der Waals surface area contributed by atoms with Gasteiger partial charge in [-0.2, -0.15) is 0 Å². The number of nitrogens with zero attached hydrogens (tertiary/aromatic N) is 3. The summed E-state index contributed by atoms with van der Waals surface area (Å²) in [5.41, 5.74) is 5.57. The quantitative estimate of drug-likeness (QED) is 0.119. The summed E-state index contributed by atoms with van der Waals surface area (Å²) >= 11 is 0. The molecule has 0 amide bonds. The molecule has 18 heteroatoms. The van der Waals surface area contributed by atoms with E-state index in [4.69, 9.17) is 38.6 Å². The van der Waals surface area contributed by atoms with Gasteiger partial charge in [-0.05, 0) is 24.8 Å². The van der Waals surface area contributed by atoms with Gasteiger partial charge >= 0.3 is 23.2 Å². The number of nitrogen functional groups attached to an aromatic ring is 1. The van der Waals surface area contributed by atoms with E-state index in [-0.39, 0.29) is 72.1 Å². The van der Waals surface area contributed by atoms with Crippen molar-refractivity contribution in [1.82, 2.24) is 14.5 Å². The van der Waals surface area contributed by atoms with Gasteiger partial charge in [0.25, 0.3) is 11.5 Å². The molecule has 2 saturated heterocycles. The largest absolute Gasteiger partial charge is 0.496 e. The summed E-state index contributed by atoms with van der Waals surface area (Å²) in [6.07, 6.45) is -2.60. The lowest BCUT2D eigenvalue weighted by Gasteiger charge is -2.18. The molecule has 4 aromatic rings. The van der Waals surface area contributed by atoms with Gasteiger partial charge < -0.3 is 43.7 Å². The first-order valence-corrected chi connectivity index (χ1v) is 17.6. The molecule has 1 aromatic carbocycles. The van der Waals surface area contributed by atoms with Crippen LogP contribution in [0.15, 0.2) is 26.4 Å². The van der Waals surface area contributed by atoms with Crippen LogP contribution in [0, 0.1) is 0 Å². The Kier molecular flexibility index (Phi) is 8.69. The zero-order chi connectivity index (χ0) is 37.3. The van der Waals surface area contributed by atoms with E-state index in [0.29, 0.717) is 41.5 Å². The van der Waals surface area contributed by atoms with Gasteiger partial charge in [-0.1, -0.05) is 18.8 Å². The van der Waals surface area contributed by atoms with Crippen LogP contribution in [0.2, 0.25) is 0 Å². The van der Waals surface area contributed by atoms with Crippen LogP contribution in [0.5, 0.6) is 11.5 Å². The van der Waals surface area contributed by atoms with Crippen molar-refractivity contribution in [2.45, 2.75) is 102 Å². The van der Waals surface area contributed by atoms with E-state index in [2.05, 4.69) is 9.97 Å². The molecule has 18 nitrogen and oxygen atoms in total. The number of imidazole rings is 1.